The number of carbonyl (C=O) groups is 3. The second-order valence-corrected chi connectivity index (χ2v) is 12.6. The minimum Gasteiger partial charge on any atom is -0.488 e. The van der Waals surface area contributed by atoms with E-state index in [9.17, 15) is 14.4 Å². The Labute approximate surface area is 221 Å². The van der Waals surface area contributed by atoms with Gasteiger partial charge in [0.25, 0.3) is 5.91 Å². The number of piperazine rings is 1. The summed E-state index contributed by atoms with van der Waals surface area (Å²) >= 11 is 0. The number of rotatable bonds is 9. The fourth-order valence-corrected chi connectivity index (χ4v) is 3.94. The molecule has 1 aromatic carbocycles. The molecule has 1 fully saturated rings. The first kappa shape index (κ1) is 30.7. The van der Waals surface area contributed by atoms with Crippen molar-refractivity contribution in [1.29, 1.82) is 0 Å². The number of esters is 1. The molecule has 0 radical (unpaired) electrons. The number of ether oxygens (including phenoxy) is 3. The molecule has 3 N–H and O–H groups in total. The number of benzene rings is 1. The van der Waals surface area contributed by atoms with Crippen LogP contribution in [-0.4, -0.2) is 77.2 Å². The summed E-state index contributed by atoms with van der Waals surface area (Å²) in [5.41, 5.74) is 3.91. The lowest BCUT2D eigenvalue weighted by molar-refractivity contribution is -0.165. The highest BCUT2D eigenvalue weighted by molar-refractivity contribution is 6.13. The second kappa shape index (κ2) is 11.5. The Kier molecular flexibility index (Phi) is 9.55. The quantitative estimate of drug-likeness (QED) is 0.377. The van der Waals surface area contributed by atoms with Crippen molar-refractivity contribution in [2.45, 2.75) is 97.1 Å². The van der Waals surface area contributed by atoms with E-state index >= 15 is 0 Å². The Morgan fingerprint density at radius 2 is 1.59 bits per heavy atom. The summed E-state index contributed by atoms with van der Waals surface area (Å²) in [5, 5.41) is 3.09. The summed E-state index contributed by atoms with van der Waals surface area (Å²) in [5.74, 6) is -0.843. The Bertz CT molecular complexity index is 956. The lowest BCUT2D eigenvalue weighted by atomic mass is 9.84. The molecule has 208 valence electrons. The first-order valence-corrected chi connectivity index (χ1v) is 12.8. The standard InChI is InChI=1S/C28H45N3O6/c1-25(2,3)35-18-28(24(34)31(15-14-30-28)17-22(32)37-27(7,8)9)23(33)21(29)16-19-10-12-20(13-11-19)36-26(4,5)6/h10-13,21,30H,14-18,29H2,1-9H3/t21-,28?/m0/s1. The van der Waals surface area contributed by atoms with Crippen molar-refractivity contribution < 1.29 is 28.6 Å². The number of Topliss-reactive ketones (excluding diaryl/α,β-unsaturated/α-hetero) is 1. The van der Waals surface area contributed by atoms with Crippen LogP contribution in [0.5, 0.6) is 5.75 Å². The fourth-order valence-electron chi connectivity index (χ4n) is 3.94. The van der Waals surface area contributed by atoms with Gasteiger partial charge < -0.3 is 24.8 Å². The van der Waals surface area contributed by atoms with Crippen LogP contribution in [0.3, 0.4) is 0 Å². The predicted molar refractivity (Wildman–Crippen MR) is 142 cm³/mol. The molecule has 9 heteroatoms. The van der Waals surface area contributed by atoms with Crippen molar-refractivity contribution in [2.75, 3.05) is 26.2 Å². The average Bonchev–Trinajstić information content (AvgIpc) is 2.72. The molecule has 1 unspecified atom stereocenters. The van der Waals surface area contributed by atoms with Gasteiger partial charge in [0.2, 0.25) is 0 Å². The third kappa shape index (κ3) is 9.39. The molecule has 0 bridgehead atoms. The zero-order valence-corrected chi connectivity index (χ0v) is 23.9. The van der Waals surface area contributed by atoms with Gasteiger partial charge in [0.05, 0.1) is 18.2 Å². The smallest absolute Gasteiger partial charge is 0.326 e. The zero-order chi connectivity index (χ0) is 28.2. The number of nitrogens with one attached hydrogen (secondary N) is 1. The minimum absolute atomic E-state index is 0.203. The van der Waals surface area contributed by atoms with E-state index in [0.29, 0.717) is 12.3 Å². The van der Waals surface area contributed by atoms with E-state index in [4.69, 9.17) is 19.9 Å². The summed E-state index contributed by atoms with van der Waals surface area (Å²) in [7, 11) is 0. The maximum Gasteiger partial charge on any atom is 0.326 e. The van der Waals surface area contributed by atoms with Crippen LogP contribution in [0.25, 0.3) is 0 Å². The van der Waals surface area contributed by atoms with Gasteiger partial charge in [-0.1, -0.05) is 12.1 Å². The highest BCUT2D eigenvalue weighted by Gasteiger charge is 2.52. The highest BCUT2D eigenvalue weighted by Crippen LogP contribution is 2.24. The molecule has 37 heavy (non-hydrogen) atoms. The summed E-state index contributed by atoms with van der Waals surface area (Å²) in [6, 6.07) is 6.41. The number of ketones is 1. The number of hydrogen-bond acceptors (Lipinski definition) is 8. The second-order valence-electron chi connectivity index (χ2n) is 12.6. The molecular weight excluding hydrogens is 474 g/mol. The van der Waals surface area contributed by atoms with E-state index in [0.717, 1.165) is 5.56 Å². The van der Waals surface area contributed by atoms with Gasteiger partial charge in [0.15, 0.2) is 11.3 Å². The SMILES string of the molecule is CC(C)(C)OCC1(C(=O)[C@@H](N)Cc2ccc(OC(C)(C)C)cc2)NCCN(CC(=O)OC(C)(C)C)C1=O. The minimum atomic E-state index is -1.71. The van der Waals surface area contributed by atoms with E-state index in [-0.39, 0.29) is 31.7 Å². The van der Waals surface area contributed by atoms with Crippen LogP contribution in [0.1, 0.15) is 67.9 Å². The first-order valence-electron chi connectivity index (χ1n) is 12.8. The molecule has 0 aliphatic carbocycles. The van der Waals surface area contributed by atoms with Gasteiger partial charge in [-0.2, -0.15) is 0 Å². The molecule has 1 amide bonds. The van der Waals surface area contributed by atoms with Crippen molar-refractivity contribution in [3.05, 3.63) is 29.8 Å². The molecule has 0 aromatic heterocycles. The normalized spacial score (nSPS) is 19.9. The number of nitrogens with zero attached hydrogens (tertiary/aromatic N) is 1. The highest BCUT2D eigenvalue weighted by atomic mass is 16.6. The molecule has 2 rings (SSSR count). The van der Waals surface area contributed by atoms with Gasteiger partial charge in [-0.3, -0.25) is 19.7 Å². The Balaban J connectivity index is 2.25. The van der Waals surface area contributed by atoms with Crippen molar-refractivity contribution in [3.8, 4) is 5.75 Å². The number of amides is 1. The molecule has 1 aliphatic rings. The zero-order valence-electron chi connectivity index (χ0n) is 23.9. The number of nitrogens with two attached hydrogens (primary N) is 1. The van der Waals surface area contributed by atoms with E-state index in [1.165, 1.54) is 4.90 Å². The van der Waals surface area contributed by atoms with Crippen molar-refractivity contribution >= 4 is 17.7 Å². The van der Waals surface area contributed by atoms with Gasteiger partial charge in [0, 0.05) is 13.1 Å². The van der Waals surface area contributed by atoms with E-state index in [1.54, 1.807) is 20.8 Å². The van der Waals surface area contributed by atoms with Crippen LogP contribution in [0, 0.1) is 0 Å². The molecule has 1 heterocycles. The molecule has 9 nitrogen and oxygen atoms in total. The Hall–Kier alpha value is -2.49. The topological polar surface area (TPSA) is 120 Å². The third-order valence-corrected chi connectivity index (χ3v) is 5.48. The predicted octanol–water partition coefficient (Wildman–Crippen LogP) is 2.63. The van der Waals surface area contributed by atoms with Crippen LogP contribution >= 0.6 is 0 Å². The van der Waals surface area contributed by atoms with Gasteiger partial charge in [-0.25, -0.2) is 0 Å². The molecule has 1 aliphatic heterocycles. The van der Waals surface area contributed by atoms with Gasteiger partial charge in [-0.05, 0) is 86.4 Å². The summed E-state index contributed by atoms with van der Waals surface area (Å²) < 4.78 is 17.2. The lowest BCUT2D eigenvalue weighted by Crippen LogP contribution is -2.73. The fraction of sp³-hybridized carbons (Fsp3) is 0.679. The maximum atomic E-state index is 13.8. The average molecular weight is 520 g/mol. The molecule has 2 atom stereocenters. The summed E-state index contributed by atoms with van der Waals surface area (Å²) in [6.45, 7) is 16.8. The van der Waals surface area contributed by atoms with Crippen LogP contribution in [-0.2, 0) is 30.3 Å². The van der Waals surface area contributed by atoms with E-state index < -0.39 is 40.4 Å². The monoisotopic (exact) mass is 519 g/mol. The maximum absolute atomic E-state index is 13.8. The Morgan fingerprint density at radius 1 is 1.00 bits per heavy atom. The molecule has 1 aromatic rings. The van der Waals surface area contributed by atoms with Gasteiger partial charge >= 0.3 is 5.97 Å². The summed E-state index contributed by atoms with van der Waals surface area (Å²) in [6.07, 6.45) is 0.229. The lowest BCUT2D eigenvalue weighted by Gasteiger charge is -2.43. The van der Waals surface area contributed by atoms with Crippen molar-refractivity contribution in [1.82, 2.24) is 10.2 Å². The first-order chi connectivity index (χ1) is 16.8. The molecule has 0 spiro atoms. The molecule has 0 saturated carbocycles. The van der Waals surface area contributed by atoms with Gasteiger partial charge in [-0.15, -0.1) is 0 Å². The van der Waals surface area contributed by atoms with Gasteiger partial charge in [0.1, 0.15) is 23.5 Å². The third-order valence-electron chi connectivity index (χ3n) is 5.48. The van der Waals surface area contributed by atoms with E-state index in [2.05, 4.69) is 5.32 Å². The molecule has 1 saturated heterocycles. The van der Waals surface area contributed by atoms with Crippen LogP contribution in [0.4, 0.5) is 0 Å². The Morgan fingerprint density at radius 3 is 2.11 bits per heavy atom. The van der Waals surface area contributed by atoms with Crippen LogP contribution in [0.2, 0.25) is 0 Å². The number of carbonyl (C=O) groups excluding carboxylic acids is 3. The van der Waals surface area contributed by atoms with Crippen LogP contribution < -0.4 is 15.8 Å². The number of hydrogen-bond donors (Lipinski definition) is 2. The van der Waals surface area contributed by atoms with Crippen LogP contribution in [0.15, 0.2) is 24.3 Å². The molecular formula is C28H45N3O6. The largest absolute Gasteiger partial charge is 0.488 e. The van der Waals surface area contributed by atoms with Crippen molar-refractivity contribution in [2.24, 2.45) is 5.73 Å². The van der Waals surface area contributed by atoms with Crippen molar-refractivity contribution in [3.63, 3.8) is 0 Å². The van der Waals surface area contributed by atoms with E-state index in [1.807, 2.05) is 65.8 Å². The summed E-state index contributed by atoms with van der Waals surface area (Å²) in [4.78, 5) is 41.4.